The Balaban J connectivity index is 2.09. The van der Waals surface area contributed by atoms with Crippen LogP contribution in [0.4, 0.5) is 5.69 Å². The number of nitrogens with zero attached hydrogens (tertiary/aromatic N) is 2. The fourth-order valence-electron chi connectivity index (χ4n) is 4.32. The highest BCUT2D eigenvalue weighted by atomic mass is 35.5. The molecular formula is C31H37Cl2N3O4S. The molecule has 3 aromatic carbocycles. The van der Waals surface area contributed by atoms with Crippen molar-refractivity contribution >= 4 is 50.7 Å². The predicted octanol–water partition coefficient (Wildman–Crippen LogP) is 5.93. The van der Waals surface area contributed by atoms with E-state index in [0.717, 1.165) is 27.3 Å². The normalized spacial score (nSPS) is 12.9. The summed E-state index contributed by atoms with van der Waals surface area (Å²) in [6.07, 6.45) is 2.01. The summed E-state index contributed by atoms with van der Waals surface area (Å²) in [6, 6.07) is 18.6. The lowest BCUT2D eigenvalue weighted by atomic mass is 10.0. The number of carbonyl (C=O) groups excluding carboxylic acids is 2. The molecule has 0 fully saturated rings. The smallest absolute Gasteiger partial charge is 0.244 e. The maximum Gasteiger partial charge on any atom is 0.244 e. The molecule has 0 spiro atoms. The van der Waals surface area contributed by atoms with Gasteiger partial charge in [0.15, 0.2) is 0 Å². The van der Waals surface area contributed by atoms with Gasteiger partial charge in [0, 0.05) is 19.0 Å². The first-order chi connectivity index (χ1) is 19.3. The van der Waals surface area contributed by atoms with E-state index in [0.29, 0.717) is 27.7 Å². The van der Waals surface area contributed by atoms with Crippen molar-refractivity contribution in [3.05, 3.63) is 99.0 Å². The summed E-state index contributed by atoms with van der Waals surface area (Å²) >= 11 is 12.4. The highest BCUT2D eigenvalue weighted by Crippen LogP contribution is 2.26. The number of benzene rings is 3. The van der Waals surface area contributed by atoms with Gasteiger partial charge in [-0.15, -0.1) is 0 Å². The zero-order valence-corrected chi connectivity index (χ0v) is 26.4. The van der Waals surface area contributed by atoms with Crippen molar-refractivity contribution in [2.24, 2.45) is 0 Å². The summed E-state index contributed by atoms with van der Waals surface area (Å²) in [5.41, 5.74) is 3.78. The number of nitrogens with one attached hydrogen (secondary N) is 1. The number of rotatable bonds is 12. The molecule has 0 aromatic heterocycles. The molecular weight excluding hydrogens is 581 g/mol. The zero-order chi connectivity index (χ0) is 30.3. The number of carbonyl (C=O) groups is 2. The highest BCUT2D eigenvalue weighted by molar-refractivity contribution is 7.92. The van der Waals surface area contributed by atoms with E-state index in [9.17, 15) is 18.0 Å². The van der Waals surface area contributed by atoms with Crippen molar-refractivity contribution in [2.75, 3.05) is 17.1 Å². The summed E-state index contributed by atoms with van der Waals surface area (Å²) in [6.45, 7) is 7.21. The number of anilines is 1. The molecule has 0 aliphatic rings. The van der Waals surface area contributed by atoms with Crippen LogP contribution in [0.5, 0.6) is 0 Å². The lowest BCUT2D eigenvalue weighted by molar-refractivity contribution is -0.140. The standard InChI is InChI=1S/C31H37Cl2N3O4S/c1-6-23(4)34-31(38)29(18-24-10-8-7-9-11-24)35(19-25-13-15-27(32)28(33)17-25)30(37)20-36(41(5,39)40)26-14-12-21(2)22(3)16-26/h7-17,23,29H,6,18-20H2,1-5H3,(H,34,38)/t23-,29+/m0/s1. The molecule has 0 aliphatic carbocycles. The van der Waals surface area contributed by atoms with Gasteiger partial charge in [0.05, 0.1) is 22.0 Å². The van der Waals surface area contributed by atoms with Crippen molar-refractivity contribution in [3.63, 3.8) is 0 Å². The maximum absolute atomic E-state index is 14.2. The van der Waals surface area contributed by atoms with E-state index in [-0.39, 0.29) is 24.9 Å². The molecule has 1 N–H and O–H groups in total. The van der Waals surface area contributed by atoms with Gasteiger partial charge < -0.3 is 10.2 Å². The van der Waals surface area contributed by atoms with E-state index >= 15 is 0 Å². The second-order valence-electron chi connectivity index (χ2n) is 10.3. The van der Waals surface area contributed by atoms with Crippen molar-refractivity contribution in [1.82, 2.24) is 10.2 Å². The van der Waals surface area contributed by atoms with E-state index in [1.54, 1.807) is 30.3 Å². The first-order valence-corrected chi connectivity index (χ1v) is 16.0. The minimum absolute atomic E-state index is 0.0195. The highest BCUT2D eigenvalue weighted by Gasteiger charge is 2.33. The van der Waals surface area contributed by atoms with E-state index in [1.807, 2.05) is 64.1 Å². The molecule has 0 unspecified atom stereocenters. The number of amides is 2. The molecule has 3 rings (SSSR count). The molecule has 0 heterocycles. The molecule has 0 aliphatic heterocycles. The van der Waals surface area contributed by atoms with Crippen LogP contribution >= 0.6 is 23.2 Å². The van der Waals surface area contributed by atoms with Gasteiger partial charge in [0.25, 0.3) is 0 Å². The SMILES string of the molecule is CC[C@H](C)NC(=O)[C@@H](Cc1ccccc1)N(Cc1ccc(Cl)c(Cl)c1)C(=O)CN(c1ccc(C)c(C)c1)S(C)(=O)=O. The van der Waals surface area contributed by atoms with Crippen LogP contribution < -0.4 is 9.62 Å². The van der Waals surface area contributed by atoms with E-state index < -0.39 is 28.5 Å². The molecule has 10 heteroatoms. The minimum Gasteiger partial charge on any atom is -0.352 e. The third-order valence-electron chi connectivity index (χ3n) is 7.07. The van der Waals surface area contributed by atoms with Crippen LogP contribution in [0.2, 0.25) is 10.0 Å². The quantitative estimate of drug-likeness (QED) is 0.273. The van der Waals surface area contributed by atoms with Crippen molar-refractivity contribution in [1.29, 1.82) is 0 Å². The summed E-state index contributed by atoms with van der Waals surface area (Å²) < 4.78 is 27.0. The average molecular weight is 619 g/mol. The third-order valence-corrected chi connectivity index (χ3v) is 8.95. The number of aryl methyl sites for hydroxylation is 2. The second-order valence-corrected chi connectivity index (χ2v) is 13.1. The molecule has 3 aromatic rings. The first-order valence-electron chi connectivity index (χ1n) is 13.4. The van der Waals surface area contributed by atoms with Crippen LogP contribution in [0, 0.1) is 13.8 Å². The third kappa shape index (κ3) is 8.96. The Kier molecular flexibility index (Phi) is 11.2. The van der Waals surface area contributed by atoms with Gasteiger partial charge in [-0.2, -0.15) is 0 Å². The van der Waals surface area contributed by atoms with Gasteiger partial charge in [0.2, 0.25) is 21.8 Å². The molecule has 220 valence electrons. The Labute approximate surface area is 253 Å². The van der Waals surface area contributed by atoms with Crippen molar-refractivity contribution < 1.29 is 18.0 Å². The van der Waals surface area contributed by atoms with Crippen molar-refractivity contribution in [2.45, 2.75) is 59.2 Å². The molecule has 41 heavy (non-hydrogen) atoms. The second kappa shape index (κ2) is 14.2. The number of hydrogen-bond acceptors (Lipinski definition) is 4. The molecule has 0 saturated heterocycles. The molecule has 0 radical (unpaired) electrons. The van der Waals surface area contributed by atoms with Crippen LogP contribution in [0.15, 0.2) is 66.7 Å². The number of halogens is 2. The molecule has 0 saturated carbocycles. The van der Waals surface area contributed by atoms with Crippen LogP contribution in [0.3, 0.4) is 0 Å². The Bertz CT molecular complexity index is 1480. The van der Waals surface area contributed by atoms with Gasteiger partial charge in [-0.1, -0.05) is 72.6 Å². The topological polar surface area (TPSA) is 86.8 Å². The Morgan fingerprint density at radius 3 is 2.17 bits per heavy atom. The first kappa shape index (κ1) is 32.4. The number of hydrogen-bond donors (Lipinski definition) is 1. The summed E-state index contributed by atoms with van der Waals surface area (Å²) in [7, 11) is -3.84. The van der Waals surface area contributed by atoms with Crippen LogP contribution in [-0.4, -0.2) is 50.0 Å². The molecule has 2 amide bonds. The van der Waals surface area contributed by atoms with E-state index in [2.05, 4.69) is 5.32 Å². The number of sulfonamides is 1. The minimum atomic E-state index is -3.84. The lowest BCUT2D eigenvalue weighted by Gasteiger charge is -2.34. The van der Waals surface area contributed by atoms with Gasteiger partial charge in [-0.3, -0.25) is 13.9 Å². The average Bonchev–Trinajstić information content (AvgIpc) is 2.92. The van der Waals surface area contributed by atoms with Crippen LogP contribution in [0.25, 0.3) is 0 Å². The largest absolute Gasteiger partial charge is 0.352 e. The molecule has 2 atom stereocenters. The predicted molar refractivity (Wildman–Crippen MR) is 167 cm³/mol. The maximum atomic E-state index is 14.2. The molecule has 0 bridgehead atoms. The monoisotopic (exact) mass is 617 g/mol. The van der Waals surface area contributed by atoms with Crippen molar-refractivity contribution in [3.8, 4) is 0 Å². The Morgan fingerprint density at radius 2 is 1.59 bits per heavy atom. The zero-order valence-electron chi connectivity index (χ0n) is 24.0. The van der Waals surface area contributed by atoms with Gasteiger partial charge in [-0.25, -0.2) is 8.42 Å². The summed E-state index contributed by atoms with van der Waals surface area (Å²) in [5.74, 6) is -0.853. The van der Waals surface area contributed by atoms with Gasteiger partial charge in [-0.05, 0) is 73.7 Å². The van der Waals surface area contributed by atoms with Crippen LogP contribution in [0.1, 0.15) is 42.5 Å². The van der Waals surface area contributed by atoms with Gasteiger partial charge >= 0.3 is 0 Å². The lowest BCUT2D eigenvalue weighted by Crippen LogP contribution is -2.54. The Morgan fingerprint density at radius 1 is 0.902 bits per heavy atom. The summed E-state index contributed by atoms with van der Waals surface area (Å²) in [5, 5.41) is 3.68. The van der Waals surface area contributed by atoms with E-state index in [4.69, 9.17) is 23.2 Å². The molecule has 7 nitrogen and oxygen atoms in total. The van der Waals surface area contributed by atoms with Gasteiger partial charge in [0.1, 0.15) is 12.6 Å². The van der Waals surface area contributed by atoms with Crippen LogP contribution in [-0.2, 0) is 32.6 Å². The van der Waals surface area contributed by atoms with E-state index in [1.165, 1.54) is 4.90 Å². The summed E-state index contributed by atoms with van der Waals surface area (Å²) in [4.78, 5) is 29.3. The fourth-order valence-corrected chi connectivity index (χ4v) is 5.49. The fraction of sp³-hybridized carbons (Fsp3) is 0.355. The Hall–Kier alpha value is -3.07.